The van der Waals surface area contributed by atoms with Gasteiger partial charge in [0.05, 0.1) is 4.92 Å². The molecule has 0 aliphatic rings. The summed E-state index contributed by atoms with van der Waals surface area (Å²) in [5, 5.41) is 13.3. The number of nitrogens with two attached hydrogens (primary N) is 1. The van der Waals surface area contributed by atoms with Crippen molar-refractivity contribution in [3.63, 3.8) is 0 Å². The third kappa shape index (κ3) is 2.88. The Balaban J connectivity index is 2.28. The zero-order chi connectivity index (χ0) is 14.7. The summed E-state index contributed by atoms with van der Waals surface area (Å²) < 4.78 is 18.7. The fourth-order valence-corrected chi connectivity index (χ4v) is 1.44. The number of ether oxygens (including phenoxy) is 1. The van der Waals surface area contributed by atoms with Crippen LogP contribution in [0.3, 0.4) is 0 Å². The monoisotopic (exact) mass is 279 g/mol. The van der Waals surface area contributed by atoms with Gasteiger partial charge in [0.1, 0.15) is 11.6 Å². The lowest BCUT2D eigenvalue weighted by molar-refractivity contribution is -0.387. The standard InChI is InChI=1S/C11H10FN5O3/c1-14-9-5-10(16-11(13)15-9)20-6-2-3-8(17(18)19)7(12)4-6/h2-5H,1H3,(H3,13,14,15,16). The Morgan fingerprint density at radius 3 is 2.75 bits per heavy atom. The number of nitrogens with one attached hydrogen (secondary N) is 1. The molecule has 0 radical (unpaired) electrons. The highest BCUT2D eigenvalue weighted by Crippen LogP contribution is 2.26. The van der Waals surface area contributed by atoms with Gasteiger partial charge in [-0.15, -0.1) is 0 Å². The third-order valence-electron chi connectivity index (χ3n) is 2.31. The first-order valence-electron chi connectivity index (χ1n) is 5.43. The molecule has 0 saturated carbocycles. The van der Waals surface area contributed by atoms with Crippen LogP contribution in [-0.2, 0) is 0 Å². The number of hydrogen-bond acceptors (Lipinski definition) is 7. The predicted octanol–water partition coefficient (Wildman–Crippen LogP) is 1.94. The average molecular weight is 279 g/mol. The quantitative estimate of drug-likeness (QED) is 0.648. The van der Waals surface area contributed by atoms with Gasteiger partial charge in [-0.05, 0) is 6.07 Å². The fraction of sp³-hybridized carbons (Fsp3) is 0.0909. The summed E-state index contributed by atoms with van der Waals surface area (Å²) >= 11 is 0. The van der Waals surface area contributed by atoms with Crippen molar-refractivity contribution in [3.8, 4) is 11.6 Å². The molecule has 0 aliphatic heterocycles. The summed E-state index contributed by atoms with van der Waals surface area (Å²) in [7, 11) is 1.64. The third-order valence-corrected chi connectivity index (χ3v) is 2.31. The van der Waals surface area contributed by atoms with E-state index in [2.05, 4.69) is 15.3 Å². The van der Waals surface area contributed by atoms with Crippen LogP contribution in [0.5, 0.6) is 11.6 Å². The van der Waals surface area contributed by atoms with Crippen molar-refractivity contribution in [2.45, 2.75) is 0 Å². The van der Waals surface area contributed by atoms with Crippen molar-refractivity contribution in [2.75, 3.05) is 18.1 Å². The van der Waals surface area contributed by atoms with Gasteiger partial charge < -0.3 is 15.8 Å². The van der Waals surface area contributed by atoms with Gasteiger partial charge in [-0.3, -0.25) is 10.1 Å². The molecule has 9 heteroatoms. The molecule has 1 aromatic heterocycles. The van der Waals surface area contributed by atoms with Crippen LogP contribution in [0, 0.1) is 15.9 Å². The van der Waals surface area contributed by atoms with E-state index >= 15 is 0 Å². The van der Waals surface area contributed by atoms with E-state index in [1.54, 1.807) is 7.05 Å². The Bertz CT molecular complexity index is 665. The number of nitrogen functional groups attached to an aromatic ring is 1. The van der Waals surface area contributed by atoms with Crippen LogP contribution < -0.4 is 15.8 Å². The van der Waals surface area contributed by atoms with Crippen molar-refractivity contribution in [3.05, 3.63) is 40.2 Å². The Labute approximate surface area is 112 Å². The molecule has 0 unspecified atom stereocenters. The van der Waals surface area contributed by atoms with E-state index in [9.17, 15) is 14.5 Å². The maximum Gasteiger partial charge on any atom is 0.305 e. The summed E-state index contributed by atoms with van der Waals surface area (Å²) in [6.45, 7) is 0. The van der Waals surface area contributed by atoms with E-state index in [0.29, 0.717) is 5.82 Å². The van der Waals surface area contributed by atoms with Gasteiger partial charge in [0.2, 0.25) is 17.6 Å². The molecule has 3 N–H and O–H groups in total. The number of nitro groups is 1. The fourth-order valence-electron chi connectivity index (χ4n) is 1.44. The van der Waals surface area contributed by atoms with Crippen LogP contribution in [-0.4, -0.2) is 21.9 Å². The van der Waals surface area contributed by atoms with Crippen LogP contribution in [0.1, 0.15) is 0 Å². The van der Waals surface area contributed by atoms with Crippen molar-refractivity contribution in [2.24, 2.45) is 0 Å². The largest absolute Gasteiger partial charge is 0.439 e. The van der Waals surface area contributed by atoms with Crippen LogP contribution >= 0.6 is 0 Å². The van der Waals surface area contributed by atoms with Gasteiger partial charge in [0, 0.05) is 25.2 Å². The first-order chi connectivity index (χ1) is 9.49. The molecule has 8 nitrogen and oxygen atoms in total. The zero-order valence-electron chi connectivity index (χ0n) is 10.3. The summed E-state index contributed by atoms with van der Waals surface area (Å²) in [6, 6.07) is 4.62. The minimum Gasteiger partial charge on any atom is -0.439 e. The first-order valence-corrected chi connectivity index (χ1v) is 5.43. The number of nitro benzene ring substituents is 1. The average Bonchev–Trinajstić information content (AvgIpc) is 2.37. The van der Waals surface area contributed by atoms with E-state index in [1.165, 1.54) is 12.1 Å². The van der Waals surface area contributed by atoms with E-state index in [1.807, 2.05) is 0 Å². The number of rotatable bonds is 4. The lowest BCUT2D eigenvalue weighted by Gasteiger charge is -2.07. The highest BCUT2D eigenvalue weighted by molar-refractivity contribution is 5.44. The summed E-state index contributed by atoms with van der Waals surface area (Å²) in [5.74, 6) is -0.434. The molecule has 0 atom stereocenters. The maximum absolute atomic E-state index is 13.4. The molecular weight excluding hydrogens is 269 g/mol. The number of aromatic nitrogens is 2. The highest BCUT2D eigenvalue weighted by Gasteiger charge is 2.15. The van der Waals surface area contributed by atoms with Crippen LogP contribution in [0.15, 0.2) is 24.3 Å². The molecule has 2 rings (SSSR count). The lowest BCUT2D eigenvalue weighted by Crippen LogP contribution is -2.01. The smallest absolute Gasteiger partial charge is 0.305 e. The van der Waals surface area contributed by atoms with Crippen LogP contribution in [0.4, 0.5) is 21.8 Å². The Morgan fingerprint density at radius 2 is 2.15 bits per heavy atom. The molecular formula is C11H10FN5O3. The molecule has 1 heterocycles. The van der Waals surface area contributed by atoms with E-state index in [0.717, 1.165) is 12.1 Å². The van der Waals surface area contributed by atoms with Gasteiger partial charge in [-0.25, -0.2) is 0 Å². The Morgan fingerprint density at radius 1 is 1.40 bits per heavy atom. The molecule has 104 valence electrons. The number of nitrogens with zero attached hydrogens (tertiary/aromatic N) is 3. The zero-order valence-corrected chi connectivity index (χ0v) is 10.3. The van der Waals surface area contributed by atoms with Crippen molar-refractivity contribution in [1.82, 2.24) is 9.97 Å². The molecule has 0 aliphatic carbocycles. The normalized spacial score (nSPS) is 10.1. The molecule has 0 saturated heterocycles. The minimum atomic E-state index is -0.997. The molecule has 0 fully saturated rings. The summed E-state index contributed by atoms with van der Waals surface area (Å²) in [6.07, 6.45) is 0. The SMILES string of the molecule is CNc1cc(Oc2ccc([N+](=O)[O-])c(F)c2)nc(N)n1. The number of halogens is 1. The topological polar surface area (TPSA) is 116 Å². The van der Waals surface area contributed by atoms with Gasteiger partial charge in [-0.2, -0.15) is 14.4 Å². The molecule has 20 heavy (non-hydrogen) atoms. The van der Waals surface area contributed by atoms with Gasteiger partial charge in [-0.1, -0.05) is 0 Å². The molecule has 0 bridgehead atoms. The molecule has 1 aromatic carbocycles. The minimum absolute atomic E-state index is 0.0192. The maximum atomic E-state index is 13.4. The van der Waals surface area contributed by atoms with Gasteiger partial charge in [0.25, 0.3) is 0 Å². The predicted molar refractivity (Wildman–Crippen MR) is 69.1 cm³/mol. The van der Waals surface area contributed by atoms with Gasteiger partial charge >= 0.3 is 5.69 Å². The lowest BCUT2D eigenvalue weighted by atomic mass is 10.3. The van der Waals surface area contributed by atoms with E-state index in [-0.39, 0.29) is 17.6 Å². The van der Waals surface area contributed by atoms with Gasteiger partial charge in [0.15, 0.2) is 0 Å². The number of benzene rings is 1. The summed E-state index contributed by atoms with van der Waals surface area (Å²) in [5.41, 5.74) is 4.85. The second-order valence-corrected chi connectivity index (χ2v) is 3.67. The Hall–Kier alpha value is -2.97. The van der Waals surface area contributed by atoms with E-state index < -0.39 is 16.4 Å². The number of anilines is 2. The molecule has 0 spiro atoms. The molecule has 2 aromatic rings. The second kappa shape index (κ2) is 5.34. The first kappa shape index (κ1) is 13.5. The highest BCUT2D eigenvalue weighted by atomic mass is 19.1. The second-order valence-electron chi connectivity index (χ2n) is 3.67. The molecule has 0 amide bonds. The number of hydrogen-bond donors (Lipinski definition) is 2. The van der Waals surface area contributed by atoms with Crippen molar-refractivity contribution in [1.29, 1.82) is 0 Å². The Kier molecular flexibility index (Phi) is 3.60. The van der Waals surface area contributed by atoms with Crippen LogP contribution in [0.2, 0.25) is 0 Å². The van der Waals surface area contributed by atoms with E-state index in [4.69, 9.17) is 10.5 Å². The summed E-state index contributed by atoms with van der Waals surface area (Å²) in [4.78, 5) is 17.4. The van der Waals surface area contributed by atoms with Crippen LogP contribution in [0.25, 0.3) is 0 Å². The van der Waals surface area contributed by atoms with Crippen molar-refractivity contribution < 1.29 is 14.1 Å². The van der Waals surface area contributed by atoms with Crippen molar-refractivity contribution >= 4 is 17.5 Å².